The molecular formula is C12H8BrCl2NO3. The molecule has 0 bridgehead atoms. The quantitative estimate of drug-likeness (QED) is 0.736. The lowest BCUT2D eigenvalue weighted by Gasteiger charge is -2.06. The van der Waals surface area contributed by atoms with Crippen LogP contribution >= 0.6 is 39.1 Å². The van der Waals surface area contributed by atoms with Gasteiger partial charge in [0.25, 0.3) is 0 Å². The molecule has 100 valence electrons. The topological polar surface area (TPSA) is 52.3 Å². The van der Waals surface area contributed by atoms with Gasteiger partial charge in [0.05, 0.1) is 17.2 Å². The fourth-order valence-corrected chi connectivity index (χ4v) is 3.04. The summed E-state index contributed by atoms with van der Waals surface area (Å²) in [6.45, 7) is 1.61. The van der Waals surface area contributed by atoms with E-state index in [1.54, 1.807) is 19.1 Å². The van der Waals surface area contributed by atoms with E-state index in [4.69, 9.17) is 32.5 Å². The molecule has 4 nitrogen and oxygen atoms in total. The normalized spacial score (nSPS) is 10.6. The summed E-state index contributed by atoms with van der Waals surface area (Å²) < 4.78 is 10.5. The Balaban J connectivity index is 2.70. The van der Waals surface area contributed by atoms with Gasteiger partial charge in [0.2, 0.25) is 0 Å². The van der Waals surface area contributed by atoms with Gasteiger partial charge >= 0.3 is 5.97 Å². The second kappa shape index (κ2) is 5.53. The van der Waals surface area contributed by atoms with Crippen LogP contribution < -0.4 is 0 Å². The lowest BCUT2D eigenvalue weighted by atomic mass is 10.1. The van der Waals surface area contributed by atoms with Crippen LogP contribution in [0.2, 0.25) is 10.0 Å². The minimum absolute atomic E-state index is 0.216. The van der Waals surface area contributed by atoms with Crippen LogP contribution in [0.1, 0.15) is 16.1 Å². The first kappa shape index (κ1) is 14.4. The van der Waals surface area contributed by atoms with Crippen LogP contribution in [0.5, 0.6) is 0 Å². The van der Waals surface area contributed by atoms with Crippen molar-refractivity contribution in [3.05, 3.63) is 38.0 Å². The zero-order valence-corrected chi connectivity index (χ0v) is 13.1. The number of nitrogens with zero attached hydrogens (tertiary/aromatic N) is 1. The molecule has 0 fully saturated rings. The molecule has 2 aromatic rings. The van der Waals surface area contributed by atoms with E-state index >= 15 is 0 Å². The molecule has 1 aromatic heterocycles. The van der Waals surface area contributed by atoms with Gasteiger partial charge in [-0.05, 0) is 19.1 Å². The largest absolute Gasteiger partial charge is 0.465 e. The van der Waals surface area contributed by atoms with Crippen molar-refractivity contribution in [2.24, 2.45) is 0 Å². The van der Waals surface area contributed by atoms with Gasteiger partial charge in [-0.25, -0.2) is 4.79 Å². The molecule has 0 saturated heterocycles. The number of hydrogen-bond donors (Lipinski definition) is 0. The van der Waals surface area contributed by atoms with Gasteiger partial charge in [-0.15, -0.1) is 0 Å². The number of carbonyl (C=O) groups is 1. The van der Waals surface area contributed by atoms with Crippen molar-refractivity contribution in [2.45, 2.75) is 6.92 Å². The minimum Gasteiger partial charge on any atom is -0.465 e. The second-order valence-corrected chi connectivity index (χ2v) is 5.43. The summed E-state index contributed by atoms with van der Waals surface area (Å²) in [5, 5.41) is 4.56. The molecule has 0 atom stereocenters. The van der Waals surface area contributed by atoms with E-state index in [0.717, 1.165) is 4.47 Å². The Morgan fingerprint density at radius 1 is 1.37 bits per heavy atom. The van der Waals surface area contributed by atoms with Crippen molar-refractivity contribution >= 4 is 45.1 Å². The molecule has 0 aliphatic heterocycles. The molecule has 0 spiro atoms. The maximum atomic E-state index is 11.8. The number of aromatic nitrogens is 1. The average molecular weight is 365 g/mol. The van der Waals surface area contributed by atoms with Gasteiger partial charge in [-0.2, -0.15) is 0 Å². The van der Waals surface area contributed by atoms with E-state index in [2.05, 4.69) is 21.1 Å². The lowest BCUT2D eigenvalue weighted by molar-refractivity contribution is 0.0599. The smallest absolute Gasteiger partial charge is 0.343 e. The Kier molecular flexibility index (Phi) is 4.18. The Hall–Kier alpha value is -1.04. The Morgan fingerprint density at radius 3 is 2.47 bits per heavy atom. The van der Waals surface area contributed by atoms with Gasteiger partial charge < -0.3 is 9.26 Å². The number of carbonyl (C=O) groups excluding carboxylic acids is 1. The Morgan fingerprint density at radius 2 is 1.95 bits per heavy atom. The lowest BCUT2D eigenvalue weighted by Crippen LogP contribution is -2.04. The molecule has 0 aliphatic rings. The van der Waals surface area contributed by atoms with Crippen molar-refractivity contribution < 1.29 is 14.1 Å². The van der Waals surface area contributed by atoms with E-state index in [0.29, 0.717) is 21.4 Å². The predicted molar refractivity (Wildman–Crippen MR) is 75.7 cm³/mol. The van der Waals surface area contributed by atoms with E-state index in [-0.39, 0.29) is 11.3 Å². The highest BCUT2D eigenvalue weighted by molar-refractivity contribution is 9.10. The molecule has 0 N–H and O–H groups in total. The van der Waals surface area contributed by atoms with Gasteiger partial charge in [-0.1, -0.05) is 44.3 Å². The molecular weight excluding hydrogens is 357 g/mol. The van der Waals surface area contributed by atoms with Crippen LogP contribution in [0, 0.1) is 6.92 Å². The van der Waals surface area contributed by atoms with E-state index in [9.17, 15) is 4.79 Å². The summed E-state index contributed by atoms with van der Waals surface area (Å²) in [5.74, 6) is -0.208. The van der Waals surface area contributed by atoms with E-state index in [1.165, 1.54) is 7.11 Å². The molecule has 0 aliphatic carbocycles. The molecule has 7 heteroatoms. The molecule has 0 radical (unpaired) electrons. The van der Waals surface area contributed by atoms with Crippen LogP contribution in [-0.4, -0.2) is 18.2 Å². The Labute approximate surface area is 127 Å². The average Bonchev–Trinajstić information content (AvgIpc) is 2.69. The molecule has 1 heterocycles. The zero-order chi connectivity index (χ0) is 14.2. The highest BCUT2D eigenvalue weighted by atomic mass is 79.9. The molecule has 19 heavy (non-hydrogen) atoms. The van der Waals surface area contributed by atoms with Crippen LogP contribution in [-0.2, 0) is 4.74 Å². The number of aryl methyl sites for hydroxylation is 1. The zero-order valence-electron chi connectivity index (χ0n) is 9.96. The molecule has 2 rings (SSSR count). The Bertz CT molecular complexity index is 631. The maximum absolute atomic E-state index is 11.8. The number of ether oxygens (including phenoxy) is 1. The number of esters is 1. The monoisotopic (exact) mass is 363 g/mol. The third-order valence-corrected chi connectivity index (χ3v) is 3.55. The fourth-order valence-electron chi connectivity index (χ4n) is 1.65. The van der Waals surface area contributed by atoms with Gasteiger partial charge in [0.1, 0.15) is 17.0 Å². The van der Waals surface area contributed by atoms with Crippen molar-refractivity contribution in [1.29, 1.82) is 0 Å². The van der Waals surface area contributed by atoms with Crippen LogP contribution in [0.15, 0.2) is 21.1 Å². The van der Waals surface area contributed by atoms with Crippen molar-refractivity contribution in [2.75, 3.05) is 7.11 Å². The maximum Gasteiger partial charge on any atom is 0.343 e. The van der Waals surface area contributed by atoms with Crippen LogP contribution in [0.3, 0.4) is 0 Å². The number of methoxy groups -OCH3 is 1. The van der Waals surface area contributed by atoms with Gasteiger partial charge in [-0.3, -0.25) is 0 Å². The van der Waals surface area contributed by atoms with E-state index in [1.807, 2.05) is 0 Å². The summed E-state index contributed by atoms with van der Waals surface area (Å²) in [7, 11) is 1.28. The first-order chi connectivity index (χ1) is 8.95. The fraction of sp³-hybridized carbons (Fsp3) is 0.167. The third kappa shape index (κ3) is 2.63. The number of benzene rings is 1. The second-order valence-electron chi connectivity index (χ2n) is 3.70. The molecule has 0 amide bonds. The standard InChI is InChI=1S/C12H8BrCl2NO3/c1-5-9(12(17)18-2)11(16-19-5)10-7(14)3-6(13)4-8(10)15/h3-4H,1-2H3. The summed E-state index contributed by atoms with van der Waals surface area (Å²) in [5.41, 5.74) is 0.921. The summed E-state index contributed by atoms with van der Waals surface area (Å²) in [6, 6.07) is 3.32. The SMILES string of the molecule is COC(=O)c1c(-c2c(Cl)cc(Br)cc2Cl)noc1C. The first-order valence-electron chi connectivity index (χ1n) is 5.15. The highest BCUT2D eigenvalue weighted by Crippen LogP contribution is 2.39. The number of rotatable bonds is 2. The summed E-state index contributed by atoms with van der Waals surface area (Å²) in [6.07, 6.45) is 0. The van der Waals surface area contributed by atoms with E-state index < -0.39 is 5.97 Å². The van der Waals surface area contributed by atoms with Crippen LogP contribution in [0.25, 0.3) is 11.3 Å². The van der Waals surface area contributed by atoms with Gasteiger partial charge in [0, 0.05) is 10.0 Å². The number of hydrogen-bond acceptors (Lipinski definition) is 4. The molecule has 1 aromatic carbocycles. The molecule has 0 unspecified atom stereocenters. The molecule has 0 saturated carbocycles. The highest BCUT2D eigenvalue weighted by Gasteiger charge is 2.25. The predicted octanol–water partition coefficient (Wildman–Crippen LogP) is 4.51. The van der Waals surface area contributed by atoms with Crippen molar-refractivity contribution in [3.8, 4) is 11.3 Å². The third-order valence-electron chi connectivity index (χ3n) is 2.50. The summed E-state index contributed by atoms with van der Waals surface area (Å²) in [4.78, 5) is 11.8. The first-order valence-corrected chi connectivity index (χ1v) is 6.70. The van der Waals surface area contributed by atoms with Crippen molar-refractivity contribution in [1.82, 2.24) is 5.16 Å². The summed E-state index contributed by atoms with van der Waals surface area (Å²) >= 11 is 15.6. The van der Waals surface area contributed by atoms with Crippen molar-refractivity contribution in [3.63, 3.8) is 0 Å². The van der Waals surface area contributed by atoms with Gasteiger partial charge in [0.15, 0.2) is 0 Å². The number of halogens is 3. The minimum atomic E-state index is -0.552. The van der Waals surface area contributed by atoms with Crippen LogP contribution in [0.4, 0.5) is 0 Å².